The molecule has 0 aliphatic carbocycles. The molecule has 2 aliphatic rings. The minimum Gasteiger partial charge on any atom is -0.445 e. The highest BCUT2D eigenvalue weighted by molar-refractivity contribution is 8.01. The van der Waals surface area contributed by atoms with Gasteiger partial charge in [-0.1, -0.05) is 138 Å². The highest BCUT2D eigenvalue weighted by Gasteiger charge is 2.44. The number of benzene rings is 2. The number of aliphatic hydroxyl groups excluding tert-OH is 1. The molecule has 0 spiro atoms. The van der Waals surface area contributed by atoms with Gasteiger partial charge in [0, 0.05) is 96.0 Å². The van der Waals surface area contributed by atoms with Crippen molar-refractivity contribution in [3.63, 3.8) is 0 Å². The van der Waals surface area contributed by atoms with Crippen LogP contribution in [0.5, 0.6) is 0 Å². The molecule has 3 unspecified atom stereocenters. The predicted octanol–water partition coefficient (Wildman–Crippen LogP) is 9.22. The number of rotatable bonds is 41. The van der Waals surface area contributed by atoms with E-state index in [4.69, 9.17) is 15.2 Å². The van der Waals surface area contributed by atoms with Gasteiger partial charge < -0.3 is 56.3 Å². The Kier molecular flexibility index (Phi) is 34.2. The number of aliphatic hydroxyl groups is 1. The Balaban J connectivity index is 1.35. The Hall–Kier alpha value is -6.92. The van der Waals surface area contributed by atoms with Crippen molar-refractivity contribution in [1.82, 2.24) is 35.6 Å². The fraction of sp³-hybridized carbons (Fsp3) is 0.685. The molecule has 4 rings (SSSR count). The summed E-state index contributed by atoms with van der Waals surface area (Å²) in [5.74, 6) is -5.89. The highest BCUT2D eigenvalue weighted by atomic mass is 32.2. The lowest BCUT2D eigenvalue weighted by molar-refractivity contribution is -0.148. The average molecular weight is 1370 g/mol. The number of thioether (sulfide) groups is 1. The molecule has 2 aromatic rings. The Morgan fingerprint density at radius 2 is 1.42 bits per heavy atom. The lowest BCUT2D eigenvalue weighted by atomic mass is 9.83. The van der Waals surface area contributed by atoms with Crippen molar-refractivity contribution in [3.05, 3.63) is 65.7 Å². The number of nitrogens with zero attached hydrogens (tertiary/aromatic N) is 4. The number of ether oxygens (including phenoxy) is 2. The monoisotopic (exact) mass is 1370 g/mol. The first-order valence-electron chi connectivity index (χ1n) is 35.0. The molecule has 0 bridgehead atoms. The summed E-state index contributed by atoms with van der Waals surface area (Å²) in [6, 6.07) is 11.8. The zero-order valence-corrected chi connectivity index (χ0v) is 61.4. The first kappa shape index (κ1) is 82.5. The van der Waals surface area contributed by atoms with Gasteiger partial charge in [-0.05, 0) is 104 Å². The van der Waals surface area contributed by atoms with Crippen molar-refractivity contribution in [1.29, 1.82) is 0 Å². The number of unbranched alkanes of at least 4 members (excludes halogenated alkanes) is 2. The Morgan fingerprint density at radius 1 is 0.763 bits per heavy atom. The third-order valence-corrected chi connectivity index (χ3v) is 20.6. The summed E-state index contributed by atoms with van der Waals surface area (Å²) in [6.07, 6.45) is 1.83. The zero-order chi connectivity index (χ0) is 72.5. The second-order valence-corrected chi connectivity index (χ2v) is 29.9. The van der Waals surface area contributed by atoms with Crippen molar-refractivity contribution in [2.75, 3.05) is 46.2 Å². The van der Waals surface area contributed by atoms with Gasteiger partial charge in [0.15, 0.2) is 11.6 Å². The van der Waals surface area contributed by atoms with Crippen molar-refractivity contribution in [3.8, 4) is 0 Å². The first-order valence-corrected chi connectivity index (χ1v) is 36.0. The van der Waals surface area contributed by atoms with Gasteiger partial charge in [0.1, 0.15) is 6.61 Å². The summed E-state index contributed by atoms with van der Waals surface area (Å²) in [5.41, 5.74) is 6.93. The number of carbonyl (C=O) groups excluding carboxylic acids is 11. The summed E-state index contributed by atoms with van der Waals surface area (Å²) < 4.78 is 11.9. The van der Waals surface area contributed by atoms with Crippen molar-refractivity contribution in [2.24, 2.45) is 53.1 Å². The Morgan fingerprint density at radius 3 is 2.01 bits per heavy atom. The van der Waals surface area contributed by atoms with E-state index in [1.54, 1.807) is 57.0 Å². The lowest BCUT2D eigenvalue weighted by Crippen LogP contribution is -2.54. The Bertz CT molecular complexity index is 2930. The fourth-order valence-corrected chi connectivity index (χ4v) is 14.5. The smallest absolute Gasteiger partial charge is 0.410 e. The van der Waals surface area contributed by atoms with Crippen molar-refractivity contribution < 1.29 is 67.3 Å². The number of hydrogen-bond donors (Lipinski definition) is 6. The van der Waals surface area contributed by atoms with Crippen LogP contribution in [-0.4, -0.2) is 177 Å². The van der Waals surface area contributed by atoms with E-state index in [-0.39, 0.29) is 145 Å². The standard InChI is InChI=1S/C73H115N9O14S/c1-17-47(10)66(59(95-16)40-62(86)81-37-25-29-56(81)48(11)49(12)68(89)76-50(13)67(88)52-26-20-18-21-27-52)79(14)70(91)55(43(2)3)39-58(84)65(45(6)7)80(15)73(94)96-42-51-31-33-54(34-32-51)77-69(90)53(28-24-35-75-72(74)93)38-57(83)64(44(4)5)78-61(85)30-22-19-23-36-82-63(87)41-60(71(82)92)97-46(8)9/h18,20-21,26-27,31-34,43-50,53,55-56,59-60,64-67,88H,17,19,22-25,28-30,35-42H2,1-16H3,(H,76,89)(H,77,90)(H,78,85)(H3,74,75,93)/t47-,48?,49+,50+,53?,55-,56-,59+,60?,64-,65-,66-,67+/m0/s1. The largest absolute Gasteiger partial charge is 0.445 e. The normalized spacial score (nSPS) is 18.3. The summed E-state index contributed by atoms with van der Waals surface area (Å²) in [5, 5.41) is 22.0. The number of likely N-dealkylation sites (tertiary alicyclic amines) is 2. The van der Waals surface area contributed by atoms with Gasteiger partial charge in [-0.25, -0.2) is 9.59 Å². The van der Waals surface area contributed by atoms with E-state index in [1.807, 2.05) is 104 Å². The SMILES string of the molecule is CC[C@H](C)[C@@H]([C@@H](CC(=O)N1CCC[C@H]1C(C)[C@@H](C)C(=O)N[C@H](C)[C@@H](O)c1ccccc1)OC)N(C)C(=O)[C@@H](CC(=O)[C@H](C(C)C)N(C)C(=O)OCc1ccc(NC(=O)C(CCCNC(N)=O)CC(=O)[C@@H](NC(=O)CCCCCN2C(=O)CC(SC(C)C)C2=O)C(C)C)cc1)C(C)C. The summed E-state index contributed by atoms with van der Waals surface area (Å²) >= 11 is 1.48. The predicted molar refractivity (Wildman–Crippen MR) is 376 cm³/mol. The molecule has 10 amide bonds. The van der Waals surface area contributed by atoms with Gasteiger partial charge in [-0.2, -0.15) is 0 Å². The molecule has 7 N–H and O–H groups in total. The highest BCUT2D eigenvalue weighted by Crippen LogP contribution is 2.34. The molecule has 13 atom stereocenters. The van der Waals surface area contributed by atoms with Crippen molar-refractivity contribution >= 4 is 82.5 Å². The molecule has 2 aromatic carbocycles. The number of methoxy groups -OCH3 is 1. The van der Waals surface area contributed by atoms with E-state index >= 15 is 0 Å². The molecule has 542 valence electrons. The van der Waals surface area contributed by atoms with E-state index < -0.39 is 72.2 Å². The van der Waals surface area contributed by atoms with Crippen LogP contribution in [0.1, 0.15) is 191 Å². The number of anilines is 1. The molecule has 23 nitrogen and oxygen atoms in total. The number of nitrogens with two attached hydrogens (primary N) is 1. The van der Waals surface area contributed by atoms with Gasteiger partial charge in [-0.3, -0.25) is 48.1 Å². The maximum atomic E-state index is 14.9. The van der Waals surface area contributed by atoms with Crippen LogP contribution in [0, 0.1) is 47.3 Å². The van der Waals surface area contributed by atoms with Crippen LogP contribution in [-0.2, 0) is 59.2 Å². The third kappa shape index (κ3) is 24.8. The zero-order valence-electron chi connectivity index (χ0n) is 60.6. The van der Waals surface area contributed by atoms with E-state index in [1.165, 1.54) is 35.7 Å². The van der Waals surface area contributed by atoms with E-state index in [0.29, 0.717) is 68.4 Å². The van der Waals surface area contributed by atoms with Crippen LogP contribution in [0.3, 0.4) is 0 Å². The molecule has 2 aliphatic heterocycles. The fourth-order valence-electron chi connectivity index (χ4n) is 13.3. The van der Waals surface area contributed by atoms with Crippen LogP contribution >= 0.6 is 11.8 Å². The van der Waals surface area contributed by atoms with Gasteiger partial charge >= 0.3 is 12.1 Å². The molecule has 97 heavy (non-hydrogen) atoms. The molecular formula is C73H115N9O14S. The maximum absolute atomic E-state index is 14.9. The number of primary amides is 1. The molecular weight excluding hydrogens is 1260 g/mol. The number of urea groups is 1. The number of hydrogen-bond acceptors (Lipinski definition) is 15. The minimum absolute atomic E-state index is 0.0177. The molecule has 2 saturated heterocycles. The summed E-state index contributed by atoms with van der Waals surface area (Å²) in [6.45, 7) is 25.3. The van der Waals surface area contributed by atoms with Crippen molar-refractivity contribution in [2.45, 2.75) is 233 Å². The van der Waals surface area contributed by atoms with E-state index in [2.05, 4.69) is 21.3 Å². The van der Waals surface area contributed by atoms with Crippen LogP contribution in [0.4, 0.5) is 15.3 Å². The van der Waals surface area contributed by atoms with Crippen LogP contribution in [0.15, 0.2) is 54.6 Å². The molecule has 0 aromatic heterocycles. The lowest BCUT2D eigenvalue weighted by Gasteiger charge is -2.41. The van der Waals surface area contributed by atoms with E-state index in [9.17, 15) is 57.8 Å². The van der Waals surface area contributed by atoms with Crippen LogP contribution in [0.2, 0.25) is 0 Å². The second-order valence-electron chi connectivity index (χ2n) is 28.1. The number of carbonyl (C=O) groups is 11. The summed E-state index contributed by atoms with van der Waals surface area (Å²) in [4.78, 5) is 155. The molecule has 0 radical (unpaired) electrons. The molecule has 2 fully saturated rings. The number of likely N-dealkylation sites (N-methyl/N-ethyl adjacent to an activating group) is 2. The third-order valence-electron chi connectivity index (χ3n) is 19.4. The summed E-state index contributed by atoms with van der Waals surface area (Å²) in [7, 11) is 4.72. The van der Waals surface area contributed by atoms with Gasteiger partial charge in [0.05, 0.1) is 48.0 Å². The van der Waals surface area contributed by atoms with Crippen LogP contribution < -0.4 is 27.0 Å². The average Bonchev–Trinajstić information content (AvgIpc) is 1.77. The first-order chi connectivity index (χ1) is 45.7. The molecule has 24 heteroatoms. The minimum atomic E-state index is -0.960. The van der Waals surface area contributed by atoms with E-state index in [0.717, 1.165) is 6.42 Å². The maximum Gasteiger partial charge on any atom is 0.410 e. The number of Topliss-reactive ketones (excluding diaryl/α,β-unsaturated/α-hetero) is 2. The number of ketones is 2. The van der Waals surface area contributed by atoms with Crippen LogP contribution in [0.25, 0.3) is 0 Å². The molecule has 2 heterocycles. The van der Waals surface area contributed by atoms with Gasteiger partial charge in [0.2, 0.25) is 41.4 Å². The quantitative estimate of drug-likeness (QED) is 0.0267. The number of imide groups is 1. The second kappa shape index (κ2) is 40.2. The van der Waals surface area contributed by atoms with Gasteiger partial charge in [-0.15, -0.1) is 11.8 Å². The number of nitrogens with one attached hydrogen (secondary N) is 4. The topological polar surface area (TPSA) is 314 Å². The Labute approximate surface area is 580 Å². The number of amides is 10. The van der Waals surface area contributed by atoms with Gasteiger partial charge in [0.25, 0.3) is 0 Å². The molecule has 0 saturated carbocycles.